The first-order chi connectivity index (χ1) is 16.5. The lowest BCUT2D eigenvalue weighted by Crippen LogP contribution is -2.27. The van der Waals surface area contributed by atoms with Crippen LogP contribution in [-0.4, -0.2) is 37.4 Å². The summed E-state index contributed by atoms with van der Waals surface area (Å²) in [5, 5.41) is 14.4. The molecule has 3 aromatic rings. The number of aromatic nitrogens is 2. The number of Topliss-reactive ketones (excluding diaryl/α,β-unsaturated/α-hetero) is 1. The predicted octanol–water partition coefficient (Wildman–Crippen LogP) is 4.21. The number of hydrogen-bond acceptors (Lipinski definition) is 9. The highest BCUT2D eigenvalue weighted by Gasteiger charge is 2.39. The number of nitrogens with zero attached hydrogens (tertiary/aromatic N) is 2. The Labute approximate surface area is 194 Å². The monoisotopic (exact) mass is 466 g/mol. The molecule has 2 heterocycles. The topological polar surface area (TPSA) is 108 Å². The molecule has 0 bridgehead atoms. The van der Waals surface area contributed by atoms with Crippen molar-refractivity contribution in [1.29, 1.82) is 0 Å². The van der Waals surface area contributed by atoms with Gasteiger partial charge in [0.05, 0.1) is 27.4 Å². The van der Waals surface area contributed by atoms with Crippen molar-refractivity contribution in [3.05, 3.63) is 64.6 Å². The van der Waals surface area contributed by atoms with E-state index in [1.54, 1.807) is 25.3 Å². The van der Waals surface area contributed by atoms with E-state index in [0.717, 1.165) is 5.56 Å². The quantitative estimate of drug-likeness (QED) is 0.572. The Hall–Kier alpha value is -4.08. The van der Waals surface area contributed by atoms with E-state index in [0.29, 0.717) is 52.1 Å². The minimum Gasteiger partial charge on any atom is -0.493 e. The highest BCUT2D eigenvalue weighted by Crippen LogP contribution is 2.48. The number of hydrogen-bond donors (Lipinski definition) is 2. The highest BCUT2D eigenvalue weighted by molar-refractivity contribution is 6.01. The second-order valence-corrected chi connectivity index (χ2v) is 8.06. The summed E-state index contributed by atoms with van der Waals surface area (Å²) < 4.78 is 35.0. The zero-order valence-electron chi connectivity index (χ0n) is 18.8. The van der Waals surface area contributed by atoms with Crippen LogP contribution in [0, 0.1) is 5.82 Å². The third-order valence-corrected chi connectivity index (χ3v) is 6.22. The van der Waals surface area contributed by atoms with E-state index in [2.05, 4.69) is 20.9 Å². The van der Waals surface area contributed by atoms with Crippen LogP contribution in [0.2, 0.25) is 0 Å². The molecular formula is C24H23FN4O5. The van der Waals surface area contributed by atoms with Gasteiger partial charge in [0, 0.05) is 23.3 Å². The van der Waals surface area contributed by atoms with Gasteiger partial charge in [-0.2, -0.15) is 0 Å². The van der Waals surface area contributed by atoms with Crippen LogP contribution >= 0.6 is 0 Å². The van der Waals surface area contributed by atoms with Gasteiger partial charge in [-0.15, -0.1) is 0 Å². The summed E-state index contributed by atoms with van der Waals surface area (Å²) in [6, 6.07) is 9.20. The fraction of sp³-hybridized carbons (Fsp3) is 0.292. The van der Waals surface area contributed by atoms with Crippen molar-refractivity contribution in [2.24, 2.45) is 0 Å². The fourth-order valence-electron chi connectivity index (χ4n) is 4.66. The summed E-state index contributed by atoms with van der Waals surface area (Å²) in [7, 11) is 4.59. The Morgan fingerprint density at radius 1 is 0.941 bits per heavy atom. The number of methoxy groups -OCH3 is 3. The molecule has 2 unspecified atom stereocenters. The molecule has 176 valence electrons. The summed E-state index contributed by atoms with van der Waals surface area (Å²) in [6.45, 7) is 0. The second-order valence-electron chi connectivity index (χ2n) is 8.06. The molecule has 1 aromatic heterocycles. The molecule has 2 N–H and O–H groups in total. The maximum absolute atomic E-state index is 13.6. The van der Waals surface area contributed by atoms with Gasteiger partial charge in [0.2, 0.25) is 17.4 Å². The molecule has 1 aliphatic heterocycles. The summed E-state index contributed by atoms with van der Waals surface area (Å²) in [4.78, 5) is 13.6. The number of anilines is 2. The van der Waals surface area contributed by atoms with Gasteiger partial charge in [0.15, 0.2) is 17.3 Å². The van der Waals surface area contributed by atoms with Crippen molar-refractivity contribution in [1.82, 2.24) is 10.3 Å². The number of ether oxygens (including phenoxy) is 3. The number of allylic oxidation sites excluding steroid dienone is 1. The molecule has 0 spiro atoms. The Kier molecular flexibility index (Phi) is 5.56. The lowest BCUT2D eigenvalue weighted by molar-refractivity contribution is -0.116. The minimum absolute atomic E-state index is 0.0560. The first kappa shape index (κ1) is 21.7. The number of ketones is 1. The number of nitrogens with one attached hydrogen (secondary N) is 2. The molecule has 0 saturated carbocycles. The summed E-state index contributed by atoms with van der Waals surface area (Å²) in [5.74, 6) is 1.59. The van der Waals surface area contributed by atoms with Gasteiger partial charge in [0.1, 0.15) is 5.82 Å². The van der Waals surface area contributed by atoms with E-state index in [4.69, 9.17) is 18.8 Å². The van der Waals surface area contributed by atoms with Gasteiger partial charge in [0.25, 0.3) is 0 Å². The summed E-state index contributed by atoms with van der Waals surface area (Å²) in [6.07, 6.45) is 0.794. The normalized spacial score (nSPS) is 19.4. The smallest absolute Gasteiger partial charge is 0.219 e. The number of rotatable bonds is 5. The van der Waals surface area contributed by atoms with Crippen molar-refractivity contribution < 1.29 is 28.0 Å². The number of carbonyl (C=O) groups is 1. The average Bonchev–Trinajstić information content (AvgIpc) is 3.22. The molecule has 0 saturated heterocycles. The molecule has 5 rings (SSSR count). The van der Waals surface area contributed by atoms with Gasteiger partial charge < -0.3 is 24.8 Å². The molecule has 34 heavy (non-hydrogen) atoms. The molecule has 9 nitrogen and oxygen atoms in total. The van der Waals surface area contributed by atoms with Crippen molar-refractivity contribution in [2.45, 2.75) is 24.8 Å². The van der Waals surface area contributed by atoms with Gasteiger partial charge in [-0.3, -0.25) is 4.79 Å². The van der Waals surface area contributed by atoms with Crippen LogP contribution in [0.1, 0.15) is 35.9 Å². The van der Waals surface area contributed by atoms with E-state index in [1.807, 2.05) is 6.07 Å². The van der Waals surface area contributed by atoms with Gasteiger partial charge in [-0.1, -0.05) is 12.1 Å². The third kappa shape index (κ3) is 3.60. The van der Waals surface area contributed by atoms with E-state index in [1.165, 1.54) is 26.4 Å². The molecule has 1 aliphatic carbocycles. The first-order valence-electron chi connectivity index (χ1n) is 10.7. The van der Waals surface area contributed by atoms with Gasteiger partial charge in [-0.05, 0) is 52.5 Å². The molecule has 0 amide bonds. The highest BCUT2D eigenvalue weighted by atomic mass is 19.1. The maximum atomic E-state index is 13.6. The van der Waals surface area contributed by atoms with Crippen LogP contribution in [0.15, 0.2) is 52.3 Å². The summed E-state index contributed by atoms with van der Waals surface area (Å²) in [5.41, 5.74) is 2.79. The lowest BCUT2D eigenvalue weighted by Gasteiger charge is -2.30. The standard InChI is InChI=1S/C24H23FN4O5/c1-31-18-9-8-15(21(32-2)22(18)33-3)20-19-16(26-23-24(27-20)29-34-28-23)10-13(11-17(19)30)12-4-6-14(25)7-5-12/h4-9,13,20H,10-11H2,1-3H3,(H,26,28)(H,27,29). The number of fused-ring (bicyclic) bond motifs is 1. The van der Waals surface area contributed by atoms with E-state index in [9.17, 15) is 9.18 Å². The van der Waals surface area contributed by atoms with Crippen LogP contribution in [-0.2, 0) is 4.79 Å². The van der Waals surface area contributed by atoms with Crippen LogP contribution in [0.3, 0.4) is 0 Å². The Morgan fingerprint density at radius 3 is 2.38 bits per heavy atom. The number of carbonyl (C=O) groups excluding carboxylic acids is 1. The van der Waals surface area contributed by atoms with Crippen molar-refractivity contribution in [2.75, 3.05) is 32.0 Å². The Balaban J connectivity index is 1.64. The average molecular weight is 466 g/mol. The molecule has 0 fully saturated rings. The van der Waals surface area contributed by atoms with Crippen molar-refractivity contribution in [3.63, 3.8) is 0 Å². The summed E-state index contributed by atoms with van der Waals surface area (Å²) >= 11 is 0. The van der Waals surface area contributed by atoms with Crippen molar-refractivity contribution in [3.8, 4) is 17.2 Å². The van der Waals surface area contributed by atoms with Crippen LogP contribution in [0.25, 0.3) is 0 Å². The molecule has 2 aromatic carbocycles. The zero-order chi connectivity index (χ0) is 23.8. The molecule has 0 radical (unpaired) electrons. The zero-order valence-corrected chi connectivity index (χ0v) is 18.8. The largest absolute Gasteiger partial charge is 0.493 e. The SMILES string of the molecule is COc1ccc(C2Nc3nonc3NC3=C2C(=O)CC(c2ccc(F)cc2)C3)c(OC)c1OC. The van der Waals surface area contributed by atoms with Crippen LogP contribution in [0.4, 0.5) is 16.0 Å². The first-order valence-corrected chi connectivity index (χ1v) is 10.7. The maximum Gasteiger partial charge on any atom is 0.219 e. The molecule has 2 aliphatic rings. The van der Waals surface area contributed by atoms with Gasteiger partial charge >= 0.3 is 0 Å². The van der Waals surface area contributed by atoms with E-state index >= 15 is 0 Å². The lowest BCUT2D eigenvalue weighted by atomic mass is 9.78. The predicted molar refractivity (Wildman–Crippen MR) is 121 cm³/mol. The Morgan fingerprint density at radius 2 is 1.68 bits per heavy atom. The van der Waals surface area contributed by atoms with Crippen LogP contribution < -0.4 is 24.8 Å². The number of benzene rings is 2. The number of halogens is 1. The molecule has 2 atom stereocenters. The molecular weight excluding hydrogens is 443 g/mol. The minimum atomic E-state index is -0.618. The Bertz CT molecular complexity index is 1270. The van der Waals surface area contributed by atoms with E-state index in [-0.39, 0.29) is 23.9 Å². The van der Waals surface area contributed by atoms with Crippen molar-refractivity contribution >= 4 is 17.4 Å². The third-order valence-electron chi connectivity index (χ3n) is 6.22. The van der Waals surface area contributed by atoms with Gasteiger partial charge in [-0.25, -0.2) is 9.02 Å². The second kappa shape index (κ2) is 8.69. The van der Waals surface area contributed by atoms with Crippen LogP contribution in [0.5, 0.6) is 17.2 Å². The fourth-order valence-corrected chi connectivity index (χ4v) is 4.66. The molecule has 10 heteroatoms. The van der Waals surface area contributed by atoms with E-state index < -0.39 is 6.04 Å².